The monoisotopic (exact) mass is 518 g/mol. The second-order valence-corrected chi connectivity index (χ2v) is 11.8. The molecule has 3 fully saturated rings. The third-order valence-corrected chi connectivity index (χ3v) is 8.35. The van der Waals surface area contributed by atoms with Crippen LogP contribution in [-0.2, 0) is 14.4 Å². The summed E-state index contributed by atoms with van der Waals surface area (Å²) >= 11 is 0. The lowest BCUT2D eigenvalue weighted by molar-refractivity contribution is -0.144. The van der Waals surface area contributed by atoms with E-state index < -0.39 is 23.6 Å². The van der Waals surface area contributed by atoms with Gasteiger partial charge in [-0.1, -0.05) is 18.9 Å². The standard InChI is InChI=1S/C28H40F2N4O3/c1-18(35)31-25(19-7-5-6-8-19)27(37)33-13-11-32(12-14-33)26(36)23-17-34(28(2,3)4)16-22(23)21-10-9-20(29)15-24(21)30/h9-10,15,19,22-23,25H,5-8,11-14,16-17H2,1-4H3,(H,31,35)/t22-,23+,25-/m0/s1. The van der Waals surface area contributed by atoms with Crippen LogP contribution in [0.3, 0.4) is 0 Å². The Hall–Kier alpha value is -2.55. The Bertz CT molecular complexity index is 1010. The number of amides is 3. The van der Waals surface area contributed by atoms with Gasteiger partial charge in [0.25, 0.3) is 0 Å². The molecule has 3 atom stereocenters. The van der Waals surface area contributed by atoms with Gasteiger partial charge in [-0.3, -0.25) is 19.3 Å². The van der Waals surface area contributed by atoms with Gasteiger partial charge in [0, 0.05) is 63.7 Å². The van der Waals surface area contributed by atoms with E-state index in [0.717, 1.165) is 31.7 Å². The predicted octanol–water partition coefficient (Wildman–Crippen LogP) is 3.14. The average Bonchev–Trinajstić information content (AvgIpc) is 3.52. The summed E-state index contributed by atoms with van der Waals surface area (Å²) in [4.78, 5) is 44.6. The molecule has 3 aliphatic rings. The number of carbonyl (C=O) groups excluding carboxylic acids is 3. The fraction of sp³-hybridized carbons (Fsp3) is 0.679. The van der Waals surface area contributed by atoms with Crippen LogP contribution >= 0.6 is 0 Å². The summed E-state index contributed by atoms with van der Waals surface area (Å²) in [6, 6.07) is 3.09. The molecule has 4 rings (SSSR count). The molecule has 0 radical (unpaired) electrons. The summed E-state index contributed by atoms with van der Waals surface area (Å²) in [6.07, 6.45) is 4.00. The first-order valence-electron chi connectivity index (χ1n) is 13.5. The molecule has 204 valence electrons. The number of hydrogen-bond donors (Lipinski definition) is 1. The first-order valence-corrected chi connectivity index (χ1v) is 13.5. The van der Waals surface area contributed by atoms with Crippen LogP contribution in [0.5, 0.6) is 0 Å². The number of carbonyl (C=O) groups is 3. The van der Waals surface area contributed by atoms with Crippen LogP contribution in [0.4, 0.5) is 8.78 Å². The van der Waals surface area contributed by atoms with Gasteiger partial charge in [-0.15, -0.1) is 0 Å². The zero-order valence-electron chi connectivity index (χ0n) is 22.4. The van der Waals surface area contributed by atoms with Crippen molar-refractivity contribution in [1.82, 2.24) is 20.0 Å². The van der Waals surface area contributed by atoms with E-state index in [-0.39, 0.29) is 35.1 Å². The third kappa shape index (κ3) is 6.13. The molecule has 1 aliphatic carbocycles. The fourth-order valence-electron chi connectivity index (χ4n) is 6.19. The first kappa shape index (κ1) is 27.5. The molecule has 2 saturated heterocycles. The van der Waals surface area contributed by atoms with Crippen LogP contribution in [-0.4, -0.2) is 83.3 Å². The van der Waals surface area contributed by atoms with Gasteiger partial charge in [0.05, 0.1) is 5.92 Å². The third-order valence-electron chi connectivity index (χ3n) is 8.35. The zero-order chi connectivity index (χ0) is 26.9. The summed E-state index contributed by atoms with van der Waals surface area (Å²) in [6.45, 7) is 10.2. The van der Waals surface area contributed by atoms with Gasteiger partial charge in [-0.05, 0) is 51.2 Å². The van der Waals surface area contributed by atoms with Gasteiger partial charge in [-0.25, -0.2) is 8.78 Å². The van der Waals surface area contributed by atoms with Crippen molar-refractivity contribution < 1.29 is 23.2 Å². The van der Waals surface area contributed by atoms with E-state index >= 15 is 0 Å². The second kappa shape index (κ2) is 11.1. The van der Waals surface area contributed by atoms with Crippen molar-refractivity contribution in [2.75, 3.05) is 39.3 Å². The highest BCUT2D eigenvalue weighted by atomic mass is 19.1. The largest absolute Gasteiger partial charge is 0.344 e. The van der Waals surface area contributed by atoms with E-state index in [1.54, 1.807) is 9.80 Å². The van der Waals surface area contributed by atoms with Crippen LogP contribution in [0, 0.1) is 23.5 Å². The lowest BCUT2D eigenvalue weighted by atomic mass is 9.87. The molecular weight excluding hydrogens is 478 g/mol. The lowest BCUT2D eigenvalue weighted by Crippen LogP contribution is -2.58. The zero-order valence-corrected chi connectivity index (χ0v) is 22.4. The maximum Gasteiger partial charge on any atom is 0.245 e. The fourth-order valence-corrected chi connectivity index (χ4v) is 6.19. The Kier molecular flexibility index (Phi) is 8.21. The molecule has 7 nitrogen and oxygen atoms in total. The van der Waals surface area contributed by atoms with E-state index in [1.807, 2.05) is 0 Å². The van der Waals surface area contributed by atoms with E-state index in [0.29, 0.717) is 44.8 Å². The van der Waals surface area contributed by atoms with E-state index in [9.17, 15) is 23.2 Å². The molecule has 1 N–H and O–H groups in total. The van der Waals surface area contributed by atoms with Gasteiger partial charge >= 0.3 is 0 Å². The van der Waals surface area contributed by atoms with Crippen molar-refractivity contribution in [3.8, 4) is 0 Å². The Morgan fingerprint density at radius 2 is 1.59 bits per heavy atom. The van der Waals surface area contributed by atoms with Gasteiger partial charge in [0.15, 0.2) is 0 Å². The first-order chi connectivity index (χ1) is 17.5. The summed E-state index contributed by atoms with van der Waals surface area (Å²) in [7, 11) is 0. The Morgan fingerprint density at radius 3 is 2.16 bits per heavy atom. The highest BCUT2D eigenvalue weighted by molar-refractivity contribution is 5.87. The normalized spacial score (nSPS) is 24.4. The van der Waals surface area contributed by atoms with Crippen molar-refractivity contribution in [1.29, 1.82) is 0 Å². The molecule has 3 amide bonds. The molecule has 1 aromatic rings. The van der Waals surface area contributed by atoms with Crippen LogP contribution < -0.4 is 5.32 Å². The molecule has 0 spiro atoms. The van der Waals surface area contributed by atoms with Crippen molar-refractivity contribution >= 4 is 17.7 Å². The highest BCUT2D eigenvalue weighted by Gasteiger charge is 2.45. The van der Waals surface area contributed by atoms with Crippen molar-refractivity contribution in [3.05, 3.63) is 35.4 Å². The number of likely N-dealkylation sites (tertiary alicyclic amines) is 1. The SMILES string of the molecule is CC(=O)N[C@H](C(=O)N1CCN(C(=O)[C@@H]2CN(C(C)(C)C)C[C@H]2c2ccc(F)cc2F)CC1)C1CCCC1. The van der Waals surface area contributed by atoms with Gasteiger partial charge in [0.1, 0.15) is 17.7 Å². The van der Waals surface area contributed by atoms with Crippen LogP contribution in [0.15, 0.2) is 18.2 Å². The molecule has 1 aromatic carbocycles. The Balaban J connectivity index is 1.45. The topological polar surface area (TPSA) is 73.0 Å². The van der Waals surface area contributed by atoms with E-state index in [4.69, 9.17) is 0 Å². The number of rotatable bonds is 5. The van der Waals surface area contributed by atoms with Gasteiger partial charge in [-0.2, -0.15) is 0 Å². The molecular formula is C28H40F2N4O3. The second-order valence-electron chi connectivity index (χ2n) is 11.8. The Labute approximate surface area is 218 Å². The molecule has 0 aromatic heterocycles. The average molecular weight is 519 g/mol. The highest BCUT2D eigenvalue weighted by Crippen LogP contribution is 2.38. The number of nitrogens with zero attached hydrogens (tertiary/aromatic N) is 3. The number of benzene rings is 1. The summed E-state index contributed by atoms with van der Waals surface area (Å²) < 4.78 is 28.4. The van der Waals surface area contributed by atoms with Crippen LogP contribution in [0.1, 0.15) is 64.9 Å². The predicted molar refractivity (Wildman–Crippen MR) is 137 cm³/mol. The minimum Gasteiger partial charge on any atom is -0.344 e. The molecule has 37 heavy (non-hydrogen) atoms. The molecule has 0 bridgehead atoms. The van der Waals surface area contributed by atoms with Crippen molar-refractivity contribution in [2.24, 2.45) is 11.8 Å². The minimum absolute atomic E-state index is 0.0539. The summed E-state index contributed by atoms with van der Waals surface area (Å²) in [5.74, 6) is -2.25. The minimum atomic E-state index is -0.634. The summed E-state index contributed by atoms with van der Waals surface area (Å²) in [5, 5.41) is 2.87. The van der Waals surface area contributed by atoms with Gasteiger partial charge in [0.2, 0.25) is 17.7 Å². The smallest absolute Gasteiger partial charge is 0.245 e. The molecule has 2 heterocycles. The summed E-state index contributed by atoms with van der Waals surface area (Å²) in [5.41, 5.74) is 0.170. The van der Waals surface area contributed by atoms with Crippen LogP contribution in [0.2, 0.25) is 0 Å². The quantitative estimate of drug-likeness (QED) is 0.650. The number of nitrogens with one attached hydrogen (secondary N) is 1. The maximum atomic E-state index is 14.8. The number of halogens is 2. The van der Waals surface area contributed by atoms with Gasteiger partial charge < -0.3 is 15.1 Å². The number of piperazine rings is 1. The molecule has 9 heteroatoms. The molecule has 0 unspecified atom stereocenters. The van der Waals surface area contributed by atoms with Crippen molar-refractivity contribution in [3.63, 3.8) is 0 Å². The van der Waals surface area contributed by atoms with E-state index in [2.05, 4.69) is 31.0 Å². The molecule has 2 aliphatic heterocycles. The van der Waals surface area contributed by atoms with E-state index in [1.165, 1.54) is 19.1 Å². The number of hydrogen-bond acceptors (Lipinski definition) is 4. The lowest BCUT2D eigenvalue weighted by Gasteiger charge is -2.39. The van der Waals surface area contributed by atoms with Crippen LogP contribution in [0.25, 0.3) is 0 Å². The Morgan fingerprint density at radius 1 is 0.973 bits per heavy atom. The molecule has 1 saturated carbocycles. The maximum absolute atomic E-state index is 14.8. The van der Waals surface area contributed by atoms with Crippen molar-refractivity contribution in [2.45, 2.75) is 70.9 Å².